The van der Waals surface area contributed by atoms with E-state index >= 15 is 0 Å². The molecule has 0 amide bonds. The molecule has 1 aromatic carbocycles. The maximum absolute atomic E-state index is 11.3. The zero-order valence-electron chi connectivity index (χ0n) is 9.89. The summed E-state index contributed by atoms with van der Waals surface area (Å²) >= 11 is 0. The summed E-state index contributed by atoms with van der Waals surface area (Å²) in [5, 5.41) is 18.7. The minimum Gasteiger partial charge on any atom is -0.508 e. The molecule has 2 N–H and O–H groups in total. The van der Waals surface area contributed by atoms with Gasteiger partial charge in [0.05, 0.1) is 0 Å². The fourth-order valence-electron chi connectivity index (χ4n) is 2.39. The molecule has 0 aromatic heterocycles. The van der Waals surface area contributed by atoms with Gasteiger partial charge in [-0.2, -0.15) is 0 Å². The fourth-order valence-corrected chi connectivity index (χ4v) is 2.39. The smallest absolute Gasteiger partial charge is 0.323 e. The summed E-state index contributed by atoms with van der Waals surface area (Å²) in [7, 11) is 0. The maximum atomic E-state index is 11.3. The Balaban J connectivity index is 2.16. The minimum atomic E-state index is -0.772. The van der Waals surface area contributed by atoms with E-state index in [0.29, 0.717) is 13.0 Å². The predicted octanol–water partition coefficient (Wildman–Crippen LogP) is 1.83. The van der Waals surface area contributed by atoms with Crippen LogP contribution in [0.1, 0.15) is 25.3 Å². The molecule has 2 rings (SSSR count). The molecule has 0 bridgehead atoms. The van der Waals surface area contributed by atoms with Crippen LogP contribution in [0.4, 0.5) is 0 Å². The number of rotatable bonds is 3. The van der Waals surface area contributed by atoms with Gasteiger partial charge in [-0.05, 0) is 44.0 Å². The summed E-state index contributed by atoms with van der Waals surface area (Å²) in [6, 6.07) is 6.98. The number of phenolic OH excluding ortho intramolecular Hbond substituents is 1. The molecule has 1 saturated heterocycles. The van der Waals surface area contributed by atoms with Gasteiger partial charge in [-0.1, -0.05) is 12.1 Å². The van der Waals surface area contributed by atoms with Crippen molar-refractivity contribution in [3.63, 3.8) is 0 Å². The average Bonchev–Trinajstić information content (AvgIpc) is 2.62. The summed E-state index contributed by atoms with van der Waals surface area (Å²) in [4.78, 5) is 13.3. The summed E-state index contributed by atoms with van der Waals surface area (Å²) in [5.41, 5.74) is 0.172. The lowest BCUT2D eigenvalue weighted by atomic mass is 9.99. The van der Waals surface area contributed by atoms with Crippen molar-refractivity contribution in [3.05, 3.63) is 29.8 Å². The van der Waals surface area contributed by atoms with Crippen molar-refractivity contribution in [2.75, 3.05) is 6.54 Å². The molecule has 0 radical (unpaired) electrons. The average molecular weight is 235 g/mol. The van der Waals surface area contributed by atoms with E-state index in [0.717, 1.165) is 18.5 Å². The first kappa shape index (κ1) is 11.9. The molecular formula is C13H17NO3. The zero-order valence-corrected chi connectivity index (χ0v) is 9.89. The first-order valence-electron chi connectivity index (χ1n) is 5.79. The Kier molecular flexibility index (Phi) is 3.07. The Morgan fingerprint density at radius 2 is 2.29 bits per heavy atom. The lowest BCUT2D eigenvalue weighted by molar-refractivity contribution is -0.148. The SMILES string of the molecule is CC1(C(=O)O)CCCN1Cc1cccc(O)c1. The van der Waals surface area contributed by atoms with Crippen molar-refractivity contribution >= 4 is 5.97 Å². The molecule has 0 aliphatic carbocycles. The van der Waals surface area contributed by atoms with Crippen LogP contribution in [0.2, 0.25) is 0 Å². The van der Waals surface area contributed by atoms with E-state index in [1.165, 1.54) is 0 Å². The number of carbonyl (C=O) groups is 1. The normalized spacial score (nSPS) is 25.0. The molecule has 92 valence electrons. The van der Waals surface area contributed by atoms with Crippen LogP contribution in [0, 0.1) is 0 Å². The van der Waals surface area contributed by atoms with Crippen LogP contribution in [0.15, 0.2) is 24.3 Å². The third-order valence-corrected chi connectivity index (χ3v) is 3.53. The fraction of sp³-hybridized carbons (Fsp3) is 0.462. The molecule has 17 heavy (non-hydrogen) atoms. The molecule has 4 nitrogen and oxygen atoms in total. The van der Waals surface area contributed by atoms with E-state index in [2.05, 4.69) is 0 Å². The van der Waals surface area contributed by atoms with Crippen molar-refractivity contribution in [2.24, 2.45) is 0 Å². The first-order chi connectivity index (χ1) is 8.02. The van der Waals surface area contributed by atoms with Crippen LogP contribution in [0.25, 0.3) is 0 Å². The summed E-state index contributed by atoms with van der Waals surface area (Å²) in [6.07, 6.45) is 1.59. The minimum absolute atomic E-state index is 0.221. The lowest BCUT2D eigenvalue weighted by Gasteiger charge is -2.31. The maximum Gasteiger partial charge on any atom is 0.323 e. The van der Waals surface area contributed by atoms with E-state index in [4.69, 9.17) is 0 Å². The predicted molar refractivity (Wildman–Crippen MR) is 63.8 cm³/mol. The van der Waals surface area contributed by atoms with E-state index in [-0.39, 0.29) is 5.75 Å². The van der Waals surface area contributed by atoms with Gasteiger partial charge in [0, 0.05) is 6.54 Å². The van der Waals surface area contributed by atoms with Gasteiger partial charge in [0.2, 0.25) is 0 Å². The Labute approximate surface area is 100 Å². The zero-order chi connectivity index (χ0) is 12.5. The molecule has 1 unspecified atom stereocenters. The molecule has 0 spiro atoms. The standard InChI is InChI=1S/C13H17NO3/c1-13(12(16)17)6-3-7-14(13)9-10-4-2-5-11(15)8-10/h2,4-5,8,15H,3,6-7,9H2,1H3,(H,16,17). The van der Waals surface area contributed by atoms with Gasteiger partial charge in [-0.25, -0.2) is 0 Å². The van der Waals surface area contributed by atoms with Crippen LogP contribution in [0.5, 0.6) is 5.75 Å². The second-order valence-corrected chi connectivity index (χ2v) is 4.77. The number of nitrogens with zero attached hydrogens (tertiary/aromatic N) is 1. The number of carboxylic acids is 1. The number of hydrogen-bond acceptors (Lipinski definition) is 3. The van der Waals surface area contributed by atoms with Gasteiger partial charge in [0.25, 0.3) is 0 Å². The van der Waals surface area contributed by atoms with Gasteiger partial charge in [0.15, 0.2) is 0 Å². The molecule has 1 aliphatic rings. The van der Waals surface area contributed by atoms with Crippen molar-refractivity contribution in [1.82, 2.24) is 4.90 Å². The van der Waals surface area contributed by atoms with Crippen molar-refractivity contribution in [1.29, 1.82) is 0 Å². The van der Waals surface area contributed by atoms with Crippen molar-refractivity contribution < 1.29 is 15.0 Å². The van der Waals surface area contributed by atoms with Gasteiger partial charge in [-0.15, -0.1) is 0 Å². The number of aliphatic carboxylic acids is 1. The molecule has 1 heterocycles. The van der Waals surface area contributed by atoms with Crippen LogP contribution >= 0.6 is 0 Å². The van der Waals surface area contributed by atoms with Crippen LogP contribution in [-0.2, 0) is 11.3 Å². The first-order valence-corrected chi connectivity index (χ1v) is 5.79. The molecule has 0 saturated carbocycles. The van der Waals surface area contributed by atoms with E-state index in [1.807, 2.05) is 11.0 Å². The van der Waals surface area contributed by atoms with Gasteiger partial charge in [-0.3, -0.25) is 9.69 Å². The Hall–Kier alpha value is -1.55. The van der Waals surface area contributed by atoms with Gasteiger partial charge in [0.1, 0.15) is 11.3 Å². The molecule has 1 atom stereocenters. The lowest BCUT2D eigenvalue weighted by Crippen LogP contribution is -2.47. The Morgan fingerprint density at radius 1 is 1.53 bits per heavy atom. The largest absolute Gasteiger partial charge is 0.508 e. The molecule has 1 aliphatic heterocycles. The van der Waals surface area contributed by atoms with Gasteiger partial charge < -0.3 is 10.2 Å². The van der Waals surface area contributed by atoms with Crippen LogP contribution in [0.3, 0.4) is 0 Å². The van der Waals surface area contributed by atoms with Gasteiger partial charge >= 0.3 is 5.97 Å². The Bertz CT molecular complexity index is 432. The summed E-state index contributed by atoms with van der Waals surface area (Å²) in [5.74, 6) is -0.547. The van der Waals surface area contributed by atoms with E-state index in [9.17, 15) is 15.0 Å². The molecular weight excluding hydrogens is 218 g/mol. The number of aromatic hydroxyl groups is 1. The summed E-state index contributed by atoms with van der Waals surface area (Å²) < 4.78 is 0. The quantitative estimate of drug-likeness (QED) is 0.839. The number of hydrogen-bond donors (Lipinski definition) is 2. The third-order valence-electron chi connectivity index (χ3n) is 3.53. The third kappa shape index (κ3) is 2.26. The highest BCUT2D eigenvalue weighted by molar-refractivity contribution is 5.78. The number of benzene rings is 1. The highest BCUT2D eigenvalue weighted by atomic mass is 16.4. The second kappa shape index (κ2) is 4.37. The highest BCUT2D eigenvalue weighted by Gasteiger charge is 2.43. The van der Waals surface area contributed by atoms with E-state index < -0.39 is 11.5 Å². The summed E-state index contributed by atoms with van der Waals surface area (Å²) in [6.45, 7) is 3.13. The van der Waals surface area contributed by atoms with Crippen LogP contribution < -0.4 is 0 Å². The van der Waals surface area contributed by atoms with Crippen LogP contribution in [-0.4, -0.2) is 33.2 Å². The van der Waals surface area contributed by atoms with Crippen molar-refractivity contribution in [3.8, 4) is 5.75 Å². The Morgan fingerprint density at radius 3 is 2.94 bits per heavy atom. The monoisotopic (exact) mass is 235 g/mol. The van der Waals surface area contributed by atoms with E-state index in [1.54, 1.807) is 25.1 Å². The highest BCUT2D eigenvalue weighted by Crippen LogP contribution is 2.31. The number of phenols is 1. The molecule has 1 fully saturated rings. The number of likely N-dealkylation sites (tertiary alicyclic amines) is 1. The van der Waals surface area contributed by atoms with Crippen molar-refractivity contribution in [2.45, 2.75) is 31.8 Å². The number of carboxylic acid groups (broad SMARTS) is 1. The molecule has 1 aromatic rings. The topological polar surface area (TPSA) is 60.8 Å². The molecule has 4 heteroatoms. The second-order valence-electron chi connectivity index (χ2n) is 4.77.